The molecule has 1 aliphatic carbocycles. The Balaban J connectivity index is 1.96. The molecular weight excluding hydrogens is 254 g/mol. The van der Waals surface area contributed by atoms with Gasteiger partial charge in [0.05, 0.1) is 4.90 Å². The lowest BCUT2D eigenvalue weighted by Crippen LogP contribution is -2.26. The van der Waals surface area contributed by atoms with Gasteiger partial charge in [-0.1, -0.05) is 13.8 Å². The van der Waals surface area contributed by atoms with Gasteiger partial charge in [-0.05, 0) is 23.8 Å². The molecule has 0 saturated heterocycles. The number of nitrogens with two attached hydrogens (primary N) is 1. The molecular formula is C11H17N3O3S. The number of nitrogens with one attached hydrogen (secondary N) is 2. The van der Waals surface area contributed by atoms with Crippen LogP contribution in [0.25, 0.3) is 0 Å². The maximum Gasteiger partial charge on any atom is 0.267 e. The molecule has 2 rings (SSSR count). The van der Waals surface area contributed by atoms with Crippen LogP contribution in [0.15, 0.2) is 17.2 Å². The van der Waals surface area contributed by atoms with E-state index < -0.39 is 10.0 Å². The molecule has 0 radical (unpaired) electrons. The van der Waals surface area contributed by atoms with Gasteiger partial charge in [0.1, 0.15) is 5.69 Å². The monoisotopic (exact) mass is 271 g/mol. The summed E-state index contributed by atoms with van der Waals surface area (Å²) in [5, 5.41) is 7.73. The van der Waals surface area contributed by atoms with Crippen LogP contribution in [0.4, 0.5) is 0 Å². The molecule has 4 N–H and O–H groups in total. The highest BCUT2D eigenvalue weighted by Crippen LogP contribution is 2.50. The number of H-pyrrole nitrogens is 1. The third-order valence-electron chi connectivity index (χ3n) is 3.46. The van der Waals surface area contributed by atoms with Gasteiger partial charge in [-0.15, -0.1) is 0 Å². The quantitative estimate of drug-likeness (QED) is 0.739. The van der Waals surface area contributed by atoms with Gasteiger partial charge >= 0.3 is 0 Å². The summed E-state index contributed by atoms with van der Waals surface area (Å²) in [6.45, 7) is 4.91. The topological polar surface area (TPSA) is 105 Å². The number of aromatic amines is 1. The summed E-state index contributed by atoms with van der Waals surface area (Å²) in [5.41, 5.74) is 0.506. The zero-order valence-electron chi connectivity index (χ0n) is 10.4. The summed E-state index contributed by atoms with van der Waals surface area (Å²) in [7, 11) is -3.76. The maximum absolute atomic E-state index is 11.8. The van der Waals surface area contributed by atoms with E-state index in [1.807, 2.05) is 0 Å². The first kappa shape index (κ1) is 13.1. The standard InChI is InChI=1S/C11H17N3O3S/c1-11(2)4-7(11)5-14-10(15)9-3-8(6-13-9)18(12,16)17/h3,6-7,13H,4-5H2,1-2H3,(H,14,15)(H2,12,16,17). The summed E-state index contributed by atoms with van der Waals surface area (Å²) in [6.07, 6.45) is 2.31. The van der Waals surface area contributed by atoms with Gasteiger partial charge in [-0.2, -0.15) is 0 Å². The SMILES string of the molecule is CC1(C)CC1CNC(=O)c1cc(S(N)(=O)=O)c[nH]1. The largest absolute Gasteiger partial charge is 0.356 e. The molecule has 0 bridgehead atoms. The predicted molar refractivity (Wildman–Crippen MR) is 66.4 cm³/mol. The summed E-state index contributed by atoms with van der Waals surface area (Å²) >= 11 is 0. The van der Waals surface area contributed by atoms with Crippen LogP contribution in [0.3, 0.4) is 0 Å². The summed E-state index contributed by atoms with van der Waals surface area (Å²) in [5.74, 6) is 0.182. The van der Waals surface area contributed by atoms with E-state index in [1.54, 1.807) is 0 Å². The second-order valence-corrected chi connectivity index (χ2v) is 6.96. The third-order valence-corrected chi connectivity index (χ3v) is 4.35. The predicted octanol–water partition coefficient (Wildman–Crippen LogP) is 0.438. The molecule has 1 saturated carbocycles. The van der Waals surface area contributed by atoms with Crippen molar-refractivity contribution in [3.05, 3.63) is 18.0 Å². The van der Waals surface area contributed by atoms with E-state index in [1.165, 1.54) is 12.3 Å². The number of carbonyl (C=O) groups excluding carboxylic acids is 1. The molecule has 6 nitrogen and oxygen atoms in total. The van der Waals surface area contributed by atoms with E-state index in [0.29, 0.717) is 17.9 Å². The Morgan fingerprint density at radius 3 is 2.67 bits per heavy atom. The van der Waals surface area contributed by atoms with E-state index in [4.69, 9.17) is 5.14 Å². The van der Waals surface area contributed by atoms with Crippen LogP contribution in [0.5, 0.6) is 0 Å². The van der Waals surface area contributed by atoms with Crippen molar-refractivity contribution in [2.45, 2.75) is 25.2 Å². The van der Waals surface area contributed by atoms with Gasteiger partial charge in [0.2, 0.25) is 10.0 Å². The van der Waals surface area contributed by atoms with Crippen LogP contribution < -0.4 is 10.5 Å². The van der Waals surface area contributed by atoms with Gasteiger partial charge in [0.25, 0.3) is 5.91 Å². The first-order valence-electron chi connectivity index (χ1n) is 5.69. The van der Waals surface area contributed by atoms with E-state index >= 15 is 0 Å². The van der Waals surface area contributed by atoms with Crippen LogP contribution in [0.2, 0.25) is 0 Å². The van der Waals surface area contributed by atoms with Crippen molar-refractivity contribution in [3.8, 4) is 0 Å². The van der Waals surface area contributed by atoms with Crippen molar-refractivity contribution in [2.24, 2.45) is 16.5 Å². The van der Waals surface area contributed by atoms with Gasteiger partial charge in [-0.3, -0.25) is 4.79 Å². The molecule has 0 spiro atoms. The van der Waals surface area contributed by atoms with E-state index in [0.717, 1.165) is 6.42 Å². The zero-order chi connectivity index (χ0) is 13.6. The molecule has 1 aliphatic rings. The first-order chi connectivity index (χ1) is 8.20. The summed E-state index contributed by atoms with van der Waals surface area (Å²) in [6, 6.07) is 1.24. The van der Waals surface area contributed by atoms with Gasteiger partial charge in [0, 0.05) is 12.7 Å². The van der Waals surface area contributed by atoms with Crippen molar-refractivity contribution < 1.29 is 13.2 Å². The second-order valence-electron chi connectivity index (χ2n) is 5.39. The summed E-state index contributed by atoms with van der Waals surface area (Å²) < 4.78 is 22.1. The van der Waals surface area contributed by atoms with Crippen LogP contribution in [-0.2, 0) is 10.0 Å². The smallest absolute Gasteiger partial charge is 0.267 e. The molecule has 0 aromatic carbocycles. The molecule has 1 aromatic heterocycles. The average Bonchev–Trinajstić information content (AvgIpc) is 2.66. The lowest BCUT2D eigenvalue weighted by Gasteiger charge is -2.05. The fourth-order valence-corrected chi connectivity index (χ4v) is 2.41. The molecule has 1 unspecified atom stereocenters. The van der Waals surface area contributed by atoms with E-state index in [9.17, 15) is 13.2 Å². The minimum Gasteiger partial charge on any atom is -0.356 e. The number of sulfonamides is 1. The van der Waals surface area contributed by atoms with Crippen molar-refractivity contribution in [2.75, 3.05) is 6.54 Å². The Kier molecular flexibility index (Phi) is 2.98. The minimum atomic E-state index is -3.76. The molecule has 1 fully saturated rings. The van der Waals surface area contributed by atoms with Crippen molar-refractivity contribution in [1.82, 2.24) is 10.3 Å². The summed E-state index contributed by atoms with van der Waals surface area (Å²) in [4.78, 5) is 14.3. The Hall–Kier alpha value is -1.34. The second kappa shape index (κ2) is 4.10. The fourth-order valence-electron chi connectivity index (χ4n) is 1.91. The Bertz CT molecular complexity index is 574. The van der Waals surface area contributed by atoms with E-state index in [-0.39, 0.29) is 16.5 Å². The number of primary sulfonamides is 1. The highest BCUT2D eigenvalue weighted by molar-refractivity contribution is 7.89. The van der Waals surface area contributed by atoms with Crippen molar-refractivity contribution in [3.63, 3.8) is 0 Å². The lowest BCUT2D eigenvalue weighted by atomic mass is 10.1. The number of aromatic nitrogens is 1. The molecule has 100 valence electrons. The van der Waals surface area contributed by atoms with Crippen LogP contribution in [0.1, 0.15) is 30.8 Å². The molecule has 18 heavy (non-hydrogen) atoms. The molecule has 0 aliphatic heterocycles. The van der Waals surface area contributed by atoms with Gasteiger partial charge in [-0.25, -0.2) is 13.6 Å². The van der Waals surface area contributed by atoms with Gasteiger partial charge in [0.15, 0.2) is 0 Å². The van der Waals surface area contributed by atoms with Crippen molar-refractivity contribution in [1.29, 1.82) is 0 Å². The normalized spacial score (nSPS) is 21.6. The molecule has 1 aromatic rings. The highest BCUT2D eigenvalue weighted by atomic mass is 32.2. The van der Waals surface area contributed by atoms with Crippen LogP contribution in [-0.4, -0.2) is 25.9 Å². The maximum atomic E-state index is 11.8. The third kappa shape index (κ3) is 2.73. The minimum absolute atomic E-state index is 0.0839. The molecule has 7 heteroatoms. The number of hydrogen-bond donors (Lipinski definition) is 3. The highest BCUT2D eigenvalue weighted by Gasteiger charge is 2.45. The number of hydrogen-bond acceptors (Lipinski definition) is 3. The number of rotatable bonds is 4. The van der Waals surface area contributed by atoms with Crippen LogP contribution in [0, 0.1) is 11.3 Å². The Labute approximate surface area is 106 Å². The molecule has 1 amide bonds. The Morgan fingerprint density at radius 1 is 1.61 bits per heavy atom. The lowest BCUT2D eigenvalue weighted by molar-refractivity contribution is 0.0946. The molecule has 1 atom stereocenters. The van der Waals surface area contributed by atoms with E-state index in [2.05, 4.69) is 24.1 Å². The average molecular weight is 271 g/mol. The fraction of sp³-hybridized carbons (Fsp3) is 0.545. The van der Waals surface area contributed by atoms with Gasteiger partial charge < -0.3 is 10.3 Å². The number of carbonyl (C=O) groups is 1. The number of amides is 1. The Morgan fingerprint density at radius 2 is 2.22 bits per heavy atom. The first-order valence-corrected chi connectivity index (χ1v) is 7.24. The van der Waals surface area contributed by atoms with Crippen molar-refractivity contribution >= 4 is 15.9 Å². The molecule has 1 heterocycles. The zero-order valence-corrected chi connectivity index (χ0v) is 11.2. The van der Waals surface area contributed by atoms with Crippen LogP contribution >= 0.6 is 0 Å².